The van der Waals surface area contributed by atoms with Gasteiger partial charge in [-0.05, 0) is 75.1 Å². The molecule has 1 unspecified atom stereocenters. The Kier molecular flexibility index (Phi) is 9.04. The van der Waals surface area contributed by atoms with E-state index >= 15 is 0 Å². The lowest BCUT2D eigenvalue weighted by Crippen LogP contribution is -2.55. The Balaban J connectivity index is 1.34. The first kappa shape index (κ1) is 31.9. The number of aromatic nitrogens is 1. The standard InChI is InChI=1S/C30H38ClF3N4O4/c1-19(2)37(4)26(39)23-9-10-24(35-25(23)31)38-15-12-28(13-16-38)18-21(28)11-14-36(3)27(40)29(41,30(32,33)34)20-7-6-8-22(17-20)42-5/h6-10,17,19,21,41H,11-16,18H2,1-5H3/t21-,29?/m0/s1. The number of hydrogen-bond donors (Lipinski definition) is 1. The van der Waals surface area contributed by atoms with E-state index in [9.17, 15) is 27.9 Å². The predicted octanol–water partition coefficient (Wildman–Crippen LogP) is 5.13. The molecule has 2 aliphatic rings. The molecule has 12 heteroatoms. The van der Waals surface area contributed by atoms with Crippen LogP contribution in [0.2, 0.25) is 5.15 Å². The molecule has 1 saturated heterocycles. The van der Waals surface area contributed by atoms with E-state index in [0.717, 1.165) is 49.4 Å². The van der Waals surface area contributed by atoms with Crippen molar-refractivity contribution < 1.29 is 32.6 Å². The maximum Gasteiger partial charge on any atom is 0.430 e. The van der Waals surface area contributed by atoms with Gasteiger partial charge in [-0.15, -0.1) is 0 Å². The van der Waals surface area contributed by atoms with E-state index in [4.69, 9.17) is 16.3 Å². The lowest BCUT2D eigenvalue weighted by molar-refractivity contribution is -0.261. The van der Waals surface area contributed by atoms with Gasteiger partial charge in [0.15, 0.2) is 0 Å². The van der Waals surface area contributed by atoms with Gasteiger partial charge in [-0.25, -0.2) is 4.98 Å². The van der Waals surface area contributed by atoms with Crippen LogP contribution in [0.25, 0.3) is 0 Å². The zero-order valence-electron chi connectivity index (χ0n) is 24.5. The zero-order valence-corrected chi connectivity index (χ0v) is 25.3. The third kappa shape index (κ3) is 6.04. The average Bonchev–Trinajstić information content (AvgIpc) is 3.64. The van der Waals surface area contributed by atoms with Gasteiger partial charge in [0.2, 0.25) is 0 Å². The summed E-state index contributed by atoms with van der Waals surface area (Å²) in [5, 5.41) is 10.9. The molecule has 1 aromatic carbocycles. The molecule has 1 N–H and O–H groups in total. The minimum absolute atomic E-state index is 0.0275. The van der Waals surface area contributed by atoms with Crippen LogP contribution in [0, 0.1) is 11.3 Å². The van der Waals surface area contributed by atoms with Crippen molar-refractivity contribution in [2.75, 3.05) is 45.7 Å². The van der Waals surface area contributed by atoms with E-state index in [1.54, 1.807) is 24.1 Å². The summed E-state index contributed by atoms with van der Waals surface area (Å²) in [7, 11) is 4.31. The van der Waals surface area contributed by atoms with Crippen molar-refractivity contribution in [2.45, 2.75) is 57.3 Å². The van der Waals surface area contributed by atoms with E-state index in [0.29, 0.717) is 17.8 Å². The number of halogens is 4. The Labute approximate surface area is 249 Å². The predicted molar refractivity (Wildman–Crippen MR) is 154 cm³/mol. The number of methoxy groups -OCH3 is 1. The molecule has 8 nitrogen and oxygen atoms in total. The first-order chi connectivity index (χ1) is 19.6. The normalized spacial score (nSPS) is 19.4. The molecule has 2 aromatic rings. The van der Waals surface area contributed by atoms with Crippen LogP contribution in [0.3, 0.4) is 0 Å². The fourth-order valence-corrected chi connectivity index (χ4v) is 6.03. The molecule has 0 bridgehead atoms. The second-order valence-electron chi connectivity index (χ2n) is 11.7. The van der Waals surface area contributed by atoms with Crippen LogP contribution in [0.4, 0.5) is 19.0 Å². The van der Waals surface area contributed by atoms with Crippen molar-refractivity contribution in [3.63, 3.8) is 0 Å². The number of hydrogen-bond acceptors (Lipinski definition) is 6. The summed E-state index contributed by atoms with van der Waals surface area (Å²) in [4.78, 5) is 34.9. The number of aliphatic hydroxyl groups is 1. The molecular formula is C30H38ClF3N4O4. The SMILES string of the molecule is COc1cccc(C(O)(C(=O)N(C)CC[C@H]2CC23CCN(c2ccc(C(=O)N(C)C(C)C)c(Cl)n2)CC3)C(F)(F)F)c1. The Hall–Kier alpha value is -3.05. The second kappa shape index (κ2) is 11.9. The summed E-state index contributed by atoms with van der Waals surface area (Å²) in [5.41, 5.74) is -3.83. The van der Waals surface area contributed by atoms with Gasteiger partial charge in [0.1, 0.15) is 16.7 Å². The summed E-state index contributed by atoms with van der Waals surface area (Å²) < 4.78 is 47.3. The highest BCUT2D eigenvalue weighted by Crippen LogP contribution is 2.61. The average molecular weight is 611 g/mol. The number of nitrogens with zero attached hydrogens (tertiary/aromatic N) is 4. The number of likely N-dealkylation sites (N-methyl/N-ethyl adjacent to an activating group) is 1. The van der Waals surface area contributed by atoms with Crippen LogP contribution in [-0.2, 0) is 10.4 Å². The number of carbonyl (C=O) groups is 2. The minimum Gasteiger partial charge on any atom is -0.497 e. The maximum atomic E-state index is 14.1. The van der Waals surface area contributed by atoms with Crippen molar-refractivity contribution in [2.24, 2.45) is 11.3 Å². The molecule has 0 radical (unpaired) electrons. The zero-order chi connectivity index (χ0) is 31.0. The summed E-state index contributed by atoms with van der Waals surface area (Å²) >= 11 is 6.38. The van der Waals surface area contributed by atoms with Crippen molar-refractivity contribution >= 4 is 29.2 Å². The van der Waals surface area contributed by atoms with E-state index in [1.165, 1.54) is 26.3 Å². The lowest BCUT2D eigenvalue weighted by atomic mass is 9.89. The number of carbonyl (C=O) groups excluding carboxylic acids is 2. The minimum atomic E-state index is -5.22. The van der Waals surface area contributed by atoms with Gasteiger partial charge in [0.05, 0.1) is 12.7 Å². The number of pyridine rings is 1. The summed E-state index contributed by atoms with van der Waals surface area (Å²) in [6.07, 6.45) is -1.99. The highest BCUT2D eigenvalue weighted by atomic mass is 35.5. The molecule has 1 aromatic heterocycles. The number of benzene rings is 1. The Bertz CT molecular complexity index is 1320. The summed E-state index contributed by atoms with van der Waals surface area (Å²) in [6, 6.07) is 8.39. The van der Waals surface area contributed by atoms with E-state index < -0.39 is 23.2 Å². The first-order valence-electron chi connectivity index (χ1n) is 14.0. The Morgan fingerprint density at radius 1 is 1.19 bits per heavy atom. The molecule has 2 amide bonds. The Morgan fingerprint density at radius 3 is 2.43 bits per heavy atom. The van der Waals surface area contributed by atoms with Gasteiger partial charge in [0.25, 0.3) is 17.4 Å². The number of alkyl halides is 3. The summed E-state index contributed by atoms with van der Waals surface area (Å²) in [5.74, 6) is -0.526. The third-order valence-corrected chi connectivity index (χ3v) is 9.26. The number of ether oxygens (including phenoxy) is 1. The number of anilines is 1. The third-order valence-electron chi connectivity index (χ3n) is 8.97. The number of amides is 2. The van der Waals surface area contributed by atoms with Crippen LogP contribution in [-0.4, -0.2) is 84.8 Å². The molecule has 1 saturated carbocycles. The molecular weight excluding hydrogens is 573 g/mol. The topological polar surface area (TPSA) is 86.2 Å². The monoisotopic (exact) mass is 610 g/mol. The van der Waals surface area contributed by atoms with Crippen LogP contribution >= 0.6 is 11.6 Å². The quantitative estimate of drug-likeness (QED) is 0.396. The number of piperidine rings is 1. The van der Waals surface area contributed by atoms with Gasteiger partial charge in [-0.3, -0.25) is 9.59 Å². The molecule has 2 atom stereocenters. The summed E-state index contributed by atoms with van der Waals surface area (Å²) in [6.45, 7) is 5.40. The van der Waals surface area contributed by atoms with Gasteiger partial charge >= 0.3 is 6.18 Å². The molecule has 42 heavy (non-hydrogen) atoms. The maximum absolute atomic E-state index is 14.1. The largest absolute Gasteiger partial charge is 0.497 e. The van der Waals surface area contributed by atoms with Crippen molar-refractivity contribution in [1.29, 1.82) is 0 Å². The molecule has 230 valence electrons. The molecule has 4 rings (SSSR count). The molecule has 1 aliphatic heterocycles. The Morgan fingerprint density at radius 2 is 1.86 bits per heavy atom. The molecule has 2 fully saturated rings. The first-order valence-corrected chi connectivity index (χ1v) is 14.4. The molecule has 1 spiro atoms. The van der Waals surface area contributed by atoms with Crippen LogP contribution in [0.5, 0.6) is 5.75 Å². The van der Waals surface area contributed by atoms with Gasteiger partial charge in [-0.1, -0.05) is 23.7 Å². The van der Waals surface area contributed by atoms with Crippen molar-refractivity contribution in [3.05, 3.63) is 52.7 Å². The lowest BCUT2D eigenvalue weighted by Gasteiger charge is -2.35. The highest BCUT2D eigenvalue weighted by Gasteiger charge is 2.62. The van der Waals surface area contributed by atoms with Crippen LogP contribution in [0.15, 0.2) is 36.4 Å². The smallest absolute Gasteiger partial charge is 0.430 e. The van der Waals surface area contributed by atoms with Gasteiger partial charge in [0, 0.05) is 45.3 Å². The molecule has 2 heterocycles. The van der Waals surface area contributed by atoms with E-state index in [-0.39, 0.29) is 40.7 Å². The fourth-order valence-electron chi connectivity index (χ4n) is 5.80. The number of rotatable bonds is 9. The van der Waals surface area contributed by atoms with Gasteiger partial charge in [-0.2, -0.15) is 13.2 Å². The van der Waals surface area contributed by atoms with Crippen molar-refractivity contribution in [3.8, 4) is 5.75 Å². The highest BCUT2D eigenvalue weighted by molar-refractivity contribution is 6.32. The van der Waals surface area contributed by atoms with Crippen LogP contribution < -0.4 is 9.64 Å². The van der Waals surface area contributed by atoms with Crippen molar-refractivity contribution in [1.82, 2.24) is 14.8 Å². The fraction of sp³-hybridized carbons (Fsp3) is 0.567. The van der Waals surface area contributed by atoms with E-state index in [2.05, 4.69) is 9.88 Å². The van der Waals surface area contributed by atoms with Gasteiger partial charge < -0.3 is 24.5 Å². The van der Waals surface area contributed by atoms with Crippen LogP contribution in [0.1, 0.15) is 55.5 Å². The van der Waals surface area contributed by atoms with E-state index in [1.807, 2.05) is 13.8 Å². The second-order valence-corrected chi connectivity index (χ2v) is 12.1. The molecule has 1 aliphatic carbocycles.